The summed E-state index contributed by atoms with van der Waals surface area (Å²) in [6.45, 7) is 0. The van der Waals surface area contributed by atoms with Gasteiger partial charge >= 0.3 is 114 Å². The second-order valence-electron chi connectivity index (χ2n) is 3.78. The van der Waals surface area contributed by atoms with Crippen LogP contribution in [0.4, 0.5) is 13.2 Å². The zero-order valence-corrected chi connectivity index (χ0v) is 11.4. The van der Waals surface area contributed by atoms with E-state index >= 15 is 0 Å². The van der Waals surface area contributed by atoms with Crippen molar-refractivity contribution < 1.29 is 18.0 Å². The van der Waals surface area contributed by atoms with Crippen LogP contribution in [0.15, 0.2) is 48.5 Å². The van der Waals surface area contributed by atoms with Crippen molar-refractivity contribution in [3.63, 3.8) is 0 Å². The summed E-state index contributed by atoms with van der Waals surface area (Å²) in [5.41, 5.74) is -0.680. The first-order valence-corrected chi connectivity index (χ1v) is 7.11. The van der Waals surface area contributed by atoms with E-state index in [1.807, 2.05) is 30.3 Å². The number of alkyl halides is 3. The number of aldehydes is 1. The van der Waals surface area contributed by atoms with Crippen molar-refractivity contribution in [1.29, 1.82) is 0 Å². The molecule has 0 radical (unpaired) electrons. The molecule has 0 aliphatic heterocycles. The summed E-state index contributed by atoms with van der Waals surface area (Å²) in [7, 11) is 0. The fraction of sp³-hybridized carbons (Fsp3) is 0.0714. The molecule has 19 heavy (non-hydrogen) atoms. The molecular formula is C14H9F3OSe. The quantitative estimate of drug-likeness (QED) is 0.623. The molecule has 0 saturated heterocycles. The fourth-order valence-corrected chi connectivity index (χ4v) is 3.43. The average Bonchev–Trinajstić information content (AvgIpc) is 2.39. The Morgan fingerprint density at radius 1 is 1.00 bits per heavy atom. The molecule has 2 aromatic rings. The van der Waals surface area contributed by atoms with E-state index in [0.29, 0.717) is 10.7 Å². The Morgan fingerprint density at radius 3 is 2.26 bits per heavy atom. The van der Waals surface area contributed by atoms with Crippen LogP contribution in [0.5, 0.6) is 0 Å². The van der Waals surface area contributed by atoms with Crippen LogP contribution in [0.1, 0.15) is 15.9 Å². The van der Waals surface area contributed by atoms with Gasteiger partial charge in [-0.15, -0.1) is 0 Å². The van der Waals surface area contributed by atoms with Crippen molar-refractivity contribution in [2.75, 3.05) is 0 Å². The minimum atomic E-state index is -4.42. The Bertz CT molecular complexity index is 579. The first kappa shape index (κ1) is 13.8. The molecule has 0 atom stereocenters. The number of benzene rings is 2. The molecule has 5 heteroatoms. The van der Waals surface area contributed by atoms with E-state index in [1.165, 1.54) is 6.07 Å². The van der Waals surface area contributed by atoms with Gasteiger partial charge in [-0.2, -0.15) is 0 Å². The van der Waals surface area contributed by atoms with E-state index in [0.717, 1.165) is 16.6 Å². The van der Waals surface area contributed by atoms with Gasteiger partial charge in [-0.3, -0.25) is 0 Å². The van der Waals surface area contributed by atoms with Crippen molar-refractivity contribution >= 4 is 30.2 Å². The SMILES string of the molecule is O=Cc1cc(C(F)(F)F)ccc1[Se]c1ccccc1. The van der Waals surface area contributed by atoms with Crippen LogP contribution < -0.4 is 8.92 Å². The zero-order chi connectivity index (χ0) is 13.9. The summed E-state index contributed by atoms with van der Waals surface area (Å²) in [6, 6.07) is 12.7. The van der Waals surface area contributed by atoms with E-state index in [1.54, 1.807) is 0 Å². The van der Waals surface area contributed by atoms with Gasteiger partial charge in [-0.1, -0.05) is 0 Å². The van der Waals surface area contributed by atoms with Crippen LogP contribution in [0.3, 0.4) is 0 Å². The van der Waals surface area contributed by atoms with Crippen LogP contribution in [0, 0.1) is 0 Å². The van der Waals surface area contributed by atoms with Gasteiger partial charge in [0.1, 0.15) is 0 Å². The maximum absolute atomic E-state index is 12.6. The maximum atomic E-state index is 12.6. The Morgan fingerprint density at radius 2 is 1.68 bits per heavy atom. The molecule has 2 rings (SSSR count). The first-order valence-electron chi connectivity index (χ1n) is 5.40. The molecule has 0 amide bonds. The molecule has 0 unspecified atom stereocenters. The van der Waals surface area contributed by atoms with Gasteiger partial charge < -0.3 is 0 Å². The third-order valence-electron chi connectivity index (χ3n) is 2.44. The fourth-order valence-electron chi connectivity index (χ4n) is 1.53. The molecule has 0 N–H and O–H groups in total. The normalized spacial score (nSPS) is 11.3. The van der Waals surface area contributed by atoms with Crippen molar-refractivity contribution in [3.05, 3.63) is 59.7 Å². The summed E-state index contributed by atoms with van der Waals surface area (Å²) >= 11 is -0.179. The second kappa shape index (κ2) is 5.59. The van der Waals surface area contributed by atoms with Gasteiger partial charge in [-0.25, -0.2) is 0 Å². The number of halogens is 3. The predicted octanol–water partition coefficient (Wildman–Crippen LogP) is 2.17. The zero-order valence-electron chi connectivity index (χ0n) is 9.65. The summed E-state index contributed by atoms with van der Waals surface area (Å²) < 4.78 is 39.3. The molecule has 98 valence electrons. The van der Waals surface area contributed by atoms with E-state index in [9.17, 15) is 18.0 Å². The molecule has 2 aromatic carbocycles. The molecule has 0 aromatic heterocycles. The van der Waals surface area contributed by atoms with Gasteiger partial charge in [-0.05, 0) is 0 Å². The monoisotopic (exact) mass is 330 g/mol. The minimum absolute atomic E-state index is 0.110. The van der Waals surface area contributed by atoms with Crippen LogP contribution >= 0.6 is 0 Å². The van der Waals surface area contributed by atoms with E-state index < -0.39 is 11.7 Å². The third-order valence-corrected chi connectivity index (χ3v) is 4.74. The average molecular weight is 329 g/mol. The topological polar surface area (TPSA) is 17.1 Å². The Balaban J connectivity index is 2.34. The molecule has 0 aliphatic rings. The molecule has 0 heterocycles. The summed E-state index contributed by atoms with van der Waals surface area (Å²) in [4.78, 5) is 10.9. The van der Waals surface area contributed by atoms with Crippen LogP contribution in [0.25, 0.3) is 0 Å². The molecule has 0 fully saturated rings. The Hall–Kier alpha value is -1.58. The van der Waals surface area contributed by atoms with Gasteiger partial charge in [0, 0.05) is 0 Å². The number of carbonyl (C=O) groups excluding carboxylic acids is 1. The molecule has 0 spiro atoms. The van der Waals surface area contributed by atoms with Crippen molar-refractivity contribution in [2.24, 2.45) is 0 Å². The van der Waals surface area contributed by atoms with Gasteiger partial charge in [0.25, 0.3) is 0 Å². The number of carbonyl (C=O) groups is 1. The number of rotatable bonds is 3. The van der Waals surface area contributed by atoms with Crippen LogP contribution in [0.2, 0.25) is 0 Å². The van der Waals surface area contributed by atoms with E-state index in [4.69, 9.17) is 0 Å². The van der Waals surface area contributed by atoms with Crippen molar-refractivity contribution in [2.45, 2.75) is 6.18 Å². The van der Waals surface area contributed by atoms with E-state index in [2.05, 4.69) is 0 Å². The number of hydrogen-bond donors (Lipinski definition) is 0. The summed E-state index contributed by atoms with van der Waals surface area (Å²) in [6.07, 6.45) is -3.94. The molecule has 0 aliphatic carbocycles. The molecular weight excluding hydrogens is 320 g/mol. The molecule has 0 saturated carbocycles. The predicted molar refractivity (Wildman–Crippen MR) is 68.3 cm³/mol. The summed E-state index contributed by atoms with van der Waals surface area (Å²) in [5.74, 6) is 0. The van der Waals surface area contributed by atoms with E-state index in [-0.39, 0.29) is 20.5 Å². The molecule has 1 nitrogen and oxygen atoms in total. The Labute approximate surface area is 114 Å². The van der Waals surface area contributed by atoms with Crippen molar-refractivity contribution in [1.82, 2.24) is 0 Å². The second-order valence-corrected chi connectivity index (χ2v) is 6.12. The number of hydrogen-bond acceptors (Lipinski definition) is 1. The summed E-state index contributed by atoms with van der Waals surface area (Å²) in [5, 5.41) is 0. The van der Waals surface area contributed by atoms with Gasteiger partial charge in [0.2, 0.25) is 0 Å². The first-order chi connectivity index (χ1) is 9.00. The van der Waals surface area contributed by atoms with Gasteiger partial charge in [0.15, 0.2) is 0 Å². The molecule has 0 bridgehead atoms. The third kappa shape index (κ3) is 3.46. The van der Waals surface area contributed by atoms with Crippen molar-refractivity contribution in [3.8, 4) is 0 Å². The standard InChI is InChI=1S/C14H9F3OSe/c15-14(16,17)11-6-7-13(10(8-11)9-18)19-12-4-2-1-3-5-12/h1-9H. The van der Waals surface area contributed by atoms with Gasteiger partial charge in [0.05, 0.1) is 0 Å². The van der Waals surface area contributed by atoms with Crippen LogP contribution in [-0.2, 0) is 6.18 Å². The van der Waals surface area contributed by atoms with Crippen LogP contribution in [-0.4, -0.2) is 21.2 Å². The Kier molecular flexibility index (Phi) is 4.07.